The monoisotopic (exact) mass is 341 g/mol. The third-order valence-corrected chi connectivity index (χ3v) is 4.35. The molecule has 2 N–H and O–H groups in total. The summed E-state index contributed by atoms with van der Waals surface area (Å²) in [6, 6.07) is 18.1. The van der Waals surface area contributed by atoms with Crippen molar-refractivity contribution in [2.75, 3.05) is 0 Å². The molecule has 0 amide bonds. The Labute approximate surface area is 143 Å². The Morgan fingerprint density at radius 1 is 1.13 bits per heavy atom. The molecule has 0 spiro atoms. The lowest BCUT2D eigenvalue weighted by molar-refractivity contribution is 0.502. The normalized spacial score (nSPS) is 10.8. The second-order valence-electron chi connectivity index (χ2n) is 4.70. The number of hydrogen-bond donors (Lipinski definition) is 2. The van der Waals surface area contributed by atoms with Crippen molar-refractivity contribution in [1.82, 2.24) is 10.7 Å². The van der Waals surface area contributed by atoms with Gasteiger partial charge in [-0.2, -0.15) is 5.10 Å². The van der Waals surface area contributed by atoms with E-state index in [2.05, 4.69) is 34.0 Å². The second-order valence-corrected chi connectivity index (χ2v) is 6.22. The van der Waals surface area contributed by atoms with E-state index in [9.17, 15) is 0 Å². The second kappa shape index (κ2) is 7.71. The van der Waals surface area contributed by atoms with Crippen molar-refractivity contribution >= 4 is 34.9 Å². The van der Waals surface area contributed by atoms with Crippen molar-refractivity contribution in [2.24, 2.45) is 5.10 Å². The number of hydrazone groups is 1. The summed E-state index contributed by atoms with van der Waals surface area (Å²) in [6.45, 7) is 0.533. The van der Waals surface area contributed by atoms with Crippen LogP contribution in [0.3, 0.4) is 0 Å². The molecule has 0 saturated heterocycles. The molecule has 4 nitrogen and oxygen atoms in total. The highest BCUT2D eigenvalue weighted by atomic mass is 32.1. The van der Waals surface area contributed by atoms with E-state index >= 15 is 0 Å². The van der Waals surface area contributed by atoms with Gasteiger partial charge in [0.05, 0.1) is 19.0 Å². The van der Waals surface area contributed by atoms with Crippen LogP contribution < -0.4 is 10.7 Å². The van der Waals surface area contributed by atoms with E-state index in [-0.39, 0.29) is 0 Å². The minimum absolute atomic E-state index is 0.456. The summed E-state index contributed by atoms with van der Waals surface area (Å²) < 4.78 is 5.22. The fourth-order valence-electron chi connectivity index (χ4n) is 1.95. The van der Waals surface area contributed by atoms with E-state index in [0.29, 0.717) is 11.7 Å². The number of nitrogens with one attached hydrogen (secondary N) is 2. The predicted molar refractivity (Wildman–Crippen MR) is 98.6 cm³/mol. The Bertz CT molecular complexity index is 779. The van der Waals surface area contributed by atoms with Crippen molar-refractivity contribution in [3.8, 4) is 10.4 Å². The molecule has 0 unspecified atom stereocenters. The summed E-state index contributed by atoms with van der Waals surface area (Å²) in [4.78, 5) is 2.27. The number of furan rings is 1. The molecule has 0 aliphatic heterocycles. The van der Waals surface area contributed by atoms with Crippen molar-refractivity contribution in [3.63, 3.8) is 0 Å². The van der Waals surface area contributed by atoms with Gasteiger partial charge in [0.2, 0.25) is 0 Å². The van der Waals surface area contributed by atoms with E-state index < -0.39 is 0 Å². The first-order valence-electron chi connectivity index (χ1n) is 7.06. The van der Waals surface area contributed by atoms with Crippen molar-refractivity contribution in [1.29, 1.82) is 0 Å². The zero-order chi connectivity index (χ0) is 15.9. The van der Waals surface area contributed by atoms with Gasteiger partial charge in [0.1, 0.15) is 5.76 Å². The van der Waals surface area contributed by atoms with E-state index in [1.165, 1.54) is 10.4 Å². The molecule has 116 valence electrons. The van der Waals surface area contributed by atoms with E-state index in [4.69, 9.17) is 16.6 Å². The van der Waals surface area contributed by atoms with Gasteiger partial charge in [0.15, 0.2) is 5.11 Å². The number of thiocarbonyl (C=S) groups is 1. The molecule has 2 aromatic heterocycles. The molecule has 3 rings (SSSR count). The van der Waals surface area contributed by atoms with Crippen molar-refractivity contribution in [2.45, 2.75) is 6.54 Å². The topological polar surface area (TPSA) is 49.6 Å². The van der Waals surface area contributed by atoms with Crippen LogP contribution in [0.5, 0.6) is 0 Å². The molecule has 0 saturated carbocycles. The number of hydrogen-bond acceptors (Lipinski definition) is 4. The SMILES string of the molecule is S=C(NCc1ccco1)N/N=C\c1ccc(-c2ccccc2)s1. The number of rotatable bonds is 5. The smallest absolute Gasteiger partial charge is 0.187 e. The molecule has 0 aliphatic carbocycles. The van der Waals surface area contributed by atoms with Gasteiger partial charge in [-0.1, -0.05) is 30.3 Å². The van der Waals surface area contributed by atoms with Crippen LogP contribution in [0.2, 0.25) is 0 Å². The molecule has 6 heteroatoms. The molecule has 0 radical (unpaired) electrons. The van der Waals surface area contributed by atoms with E-state index in [0.717, 1.165) is 10.6 Å². The van der Waals surface area contributed by atoms with Crippen LogP contribution in [0.4, 0.5) is 0 Å². The lowest BCUT2D eigenvalue weighted by Gasteiger charge is -2.04. The Balaban J connectivity index is 1.50. The minimum Gasteiger partial charge on any atom is -0.467 e. The Kier molecular flexibility index (Phi) is 5.18. The molecule has 1 aromatic carbocycles. The number of thiophene rings is 1. The molecule has 23 heavy (non-hydrogen) atoms. The minimum atomic E-state index is 0.456. The van der Waals surface area contributed by atoms with E-state index in [1.807, 2.05) is 36.4 Å². The van der Waals surface area contributed by atoms with Crippen LogP contribution in [0.1, 0.15) is 10.6 Å². The first-order valence-corrected chi connectivity index (χ1v) is 8.28. The summed E-state index contributed by atoms with van der Waals surface area (Å²) in [5.74, 6) is 0.823. The largest absolute Gasteiger partial charge is 0.467 e. The highest BCUT2D eigenvalue weighted by Gasteiger charge is 2.01. The molecule has 0 aliphatic rings. The van der Waals surface area contributed by atoms with Crippen LogP contribution in [0.15, 0.2) is 70.4 Å². The third kappa shape index (κ3) is 4.51. The van der Waals surface area contributed by atoms with Gasteiger partial charge in [-0.05, 0) is 42.0 Å². The molecule has 0 bridgehead atoms. The van der Waals surface area contributed by atoms with Crippen LogP contribution in [0, 0.1) is 0 Å². The lowest BCUT2D eigenvalue weighted by atomic mass is 10.2. The van der Waals surface area contributed by atoms with Crippen LogP contribution in [0.25, 0.3) is 10.4 Å². The van der Waals surface area contributed by atoms with Gasteiger partial charge in [0, 0.05) is 9.75 Å². The Morgan fingerprint density at radius 3 is 2.78 bits per heavy atom. The number of benzene rings is 1. The first-order chi connectivity index (χ1) is 11.3. The summed E-state index contributed by atoms with van der Waals surface area (Å²) in [6.07, 6.45) is 3.39. The highest BCUT2D eigenvalue weighted by Crippen LogP contribution is 2.26. The highest BCUT2D eigenvalue weighted by molar-refractivity contribution is 7.80. The maximum absolute atomic E-state index is 5.22. The van der Waals surface area contributed by atoms with Gasteiger partial charge in [-0.15, -0.1) is 11.3 Å². The summed E-state index contributed by atoms with van der Waals surface area (Å²) in [5, 5.41) is 7.62. The predicted octanol–water partition coefficient (Wildman–Crippen LogP) is 4.01. The standard InChI is InChI=1S/C17H15N3OS2/c22-17(18-11-14-7-4-10-21-14)20-19-12-15-8-9-16(23-15)13-5-2-1-3-6-13/h1-10,12H,11H2,(H2,18,20,22)/b19-12-. The quantitative estimate of drug-likeness (QED) is 0.418. The first kappa shape index (κ1) is 15.5. The van der Waals surface area contributed by atoms with Crippen molar-refractivity contribution in [3.05, 3.63) is 71.5 Å². The summed E-state index contributed by atoms with van der Waals surface area (Å²) in [5.41, 5.74) is 4.01. The van der Waals surface area contributed by atoms with Crippen LogP contribution in [-0.2, 0) is 6.54 Å². The van der Waals surface area contributed by atoms with E-state index in [1.54, 1.807) is 23.8 Å². The van der Waals surface area contributed by atoms with Gasteiger partial charge >= 0.3 is 0 Å². The maximum Gasteiger partial charge on any atom is 0.187 e. The van der Waals surface area contributed by atoms with Crippen LogP contribution in [-0.4, -0.2) is 11.3 Å². The zero-order valence-electron chi connectivity index (χ0n) is 12.2. The Hall–Kier alpha value is -2.44. The molecule has 3 aromatic rings. The average molecular weight is 341 g/mol. The Morgan fingerprint density at radius 2 is 2.00 bits per heavy atom. The maximum atomic E-state index is 5.22. The number of nitrogens with zero attached hydrogens (tertiary/aromatic N) is 1. The van der Waals surface area contributed by atoms with Gasteiger partial charge in [0.25, 0.3) is 0 Å². The van der Waals surface area contributed by atoms with Crippen LogP contribution >= 0.6 is 23.6 Å². The van der Waals surface area contributed by atoms with Gasteiger partial charge in [-0.25, -0.2) is 0 Å². The molecule has 0 atom stereocenters. The van der Waals surface area contributed by atoms with Crippen molar-refractivity contribution < 1.29 is 4.42 Å². The summed E-state index contributed by atoms with van der Waals surface area (Å²) >= 11 is 6.83. The lowest BCUT2D eigenvalue weighted by Crippen LogP contribution is -2.31. The zero-order valence-corrected chi connectivity index (χ0v) is 13.9. The van der Waals surface area contributed by atoms with Gasteiger partial charge in [-0.3, -0.25) is 5.43 Å². The fourth-order valence-corrected chi connectivity index (χ4v) is 2.96. The average Bonchev–Trinajstić information content (AvgIpc) is 3.26. The molecule has 2 heterocycles. The fraction of sp³-hybridized carbons (Fsp3) is 0.0588. The third-order valence-electron chi connectivity index (χ3n) is 3.05. The molecule has 0 fully saturated rings. The van der Waals surface area contributed by atoms with Gasteiger partial charge < -0.3 is 9.73 Å². The molecular formula is C17H15N3OS2. The molecular weight excluding hydrogens is 326 g/mol. The summed E-state index contributed by atoms with van der Waals surface area (Å²) in [7, 11) is 0.